The first-order valence-electron chi connectivity index (χ1n) is 8.23. The van der Waals surface area contributed by atoms with Gasteiger partial charge in [-0.3, -0.25) is 13.9 Å². The van der Waals surface area contributed by atoms with Crippen LogP contribution in [0, 0.1) is 0 Å². The number of amides is 1. The molecule has 7 nitrogen and oxygen atoms in total. The van der Waals surface area contributed by atoms with Gasteiger partial charge in [0.15, 0.2) is 5.78 Å². The zero-order valence-corrected chi connectivity index (χ0v) is 16.2. The number of rotatable bonds is 8. The van der Waals surface area contributed by atoms with E-state index in [2.05, 4.69) is 5.32 Å². The van der Waals surface area contributed by atoms with Crippen LogP contribution < -0.4 is 14.4 Å². The molecule has 1 N–H and O–H groups in total. The molecule has 0 atom stereocenters. The van der Waals surface area contributed by atoms with Crippen molar-refractivity contribution >= 4 is 27.4 Å². The molecule has 0 aliphatic rings. The third-order valence-electron chi connectivity index (χ3n) is 3.89. The highest BCUT2D eigenvalue weighted by Crippen LogP contribution is 2.18. The largest absolute Gasteiger partial charge is 0.497 e. The third-order valence-corrected chi connectivity index (χ3v) is 5.09. The first kappa shape index (κ1) is 20.4. The second kappa shape index (κ2) is 8.68. The second-order valence-corrected chi connectivity index (χ2v) is 7.83. The molecule has 0 saturated carbocycles. The number of methoxy groups -OCH3 is 1. The Morgan fingerprint density at radius 1 is 1.07 bits per heavy atom. The fourth-order valence-electron chi connectivity index (χ4n) is 2.49. The molecule has 0 radical (unpaired) electrons. The average molecular weight is 390 g/mol. The summed E-state index contributed by atoms with van der Waals surface area (Å²) in [5, 5.41) is 2.70. The summed E-state index contributed by atoms with van der Waals surface area (Å²) in [5.41, 5.74) is 1.35. The van der Waals surface area contributed by atoms with Crippen LogP contribution in [0.25, 0.3) is 0 Å². The van der Waals surface area contributed by atoms with Crippen LogP contribution in [-0.4, -0.2) is 46.6 Å². The molecule has 0 aromatic heterocycles. The molecule has 0 spiro atoms. The third kappa shape index (κ3) is 5.55. The van der Waals surface area contributed by atoms with Crippen LogP contribution in [-0.2, 0) is 10.0 Å². The van der Waals surface area contributed by atoms with E-state index in [1.54, 1.807) is 48.5 Å². The van der Waals surface area contributed by atoms with Crippen LogP contribution in [0.1, 0.15) is 27.6 Å². The lowest BCUT2D eigenvalue weighted by Crippen LogP contribution is -2.38. The molecule has 2 aromatic rings. The Kier molecular flexibility index (Phi) is 6.57. The molecule has 1 amide bonds. The number of hydrogen-bond acceptors (Lipinski definition) is 5. The van der Waals surface area contributed by atoms with E-state index in [1.165, 1.54) is 18.3 Å². The van der Waals surface area contributed by atoms with Crippen LogP contribution in [0.5, 0.6) is 5.75 Å². The number of carbonyl (C=O) groups excluding carboxylic acids is 2. The minimum atomic E-state index is -3.55. The van der Waals surface area contributed by atoms with Crippen molar-refractivity contribution in [2.24, 2.45) is 0 Å². The van der Waals surface area contributed by atoms with Gasteiger partial charge in [-0.2, -0.15) is 0 Å². The standard InChI is InChI=1S/C19H22N2O5S/c1-14(22)15-7-9-17(10-8-15)21(27(3,24)25)12-11-20-19(23)16-5-4-6-18(13-16)26-2/h4-10,13H,11-12H2,1-3H3,(H,20,23). The fraction of sp³-hybridized carbons (Fsp3) is 0.263. The molecule has 0 aliphatic heterocycles. The molecular weight excluding hydrogens is 368 g/mol. The van der Waals surface area contributed by atoms with Gasteiger partial charge in [0, 0.05) is 17.7 Å². The van der Waals surface area contributed by atoms with Crippen molar-refractivity contribution in [2.45, 2.75) is 6.92 Å². The molecule has 2 rings (SSSR count). The van der Waals surface area contributed by atoms with Crippen molar-refractivity contribution in [3.05, 3.63) is 59.7 Å². The predicted octanol–water partition coefficient (Wildman–Crippen LogP) is 2.09. The van der Waals surface area contributed by atoms with Gasteiger partial charge in [0.1, 0.15) is 5.75 Å². The summed E-state index contributed by atoms with van der Waals surface area (Å²) >= 11 is 0. The molecular formula is C19H22N2O5S. The zero-order valence-electron chi connectivity index (χ0n) is 15.4. The van der Waals surface area contributed by atoms with Crippen molar-refractivity contribution in [1.82, 2.24) is 5.32 Å². The molecule has 27 heavy (non-hydrogen) atoms. The molecule has 0 heterocycles. The Morgan fingerprint density at radius 2 is 1.74 bits per heavy atom. The monoisotopic (exact) mass is 390 g/mol. The smallest absolute Gasteiger partial charge is 0.251 e. The van der Waals surface area contributed by atoms with Crippen molar-refractivity contribution < 1.29 is 22.7 Å². The normalized spacial score (nSPS) is 10.9. The van der Waals surface area contributed by atoms with Crippen molar-refractivity contribution in [1.29, 1.82) is 0 Å². The molecule has 0 fully saturated rings. The number of hydrogen-bond donors (Lipinski definition) is 1. The summed E-state index contributed by atoms with van der Waals surface area (Å²) in [5.74, 6) is 0.137. The Hall–Kier alpha value is -2.87. The van der Waals surface area contributed by atoms with Crippen LogP contribution in [0.3, 0.4) is 0 Å². The molecule has 0 saturated heterocycles. The molecule has 0 unspecified atom stereocenters. The number of benzene rings is 2. The minimum absolute atomic E-state index is 0.0635. The summed E-state index contributed by atoms with van der Waals surface area (Å²) in [6.07, 6.45) is 1.09. The van der Waals surface area contributed by atoms with Crippen LogP contribution in [0.15, 0.2) is 48.5 Å². The van der Waals surface area contributed by atoms with Gasteiger partial charge in [-0.1, -0.05) is 6.07 Å². The second-order valence-electron chi connectivity index (χ2n) is 5.93. The maximum atomic E-state index is 12.2. The van der Waals surface area contributed by atoms with Crippen LogP contribution in [0.4, 0.5) is 5.69 Å². The number of nitrogens with one attached hydrogen (secondary N) is 1. The van der Waals surface area contributed by atoms with E-state index in [0.29, 0.717) is 22.6 Å². The molecule has 0 aliphatic carbocycles. The van der Waals surface area contributed by atoms with Crippen LogP contribution >= 0.6 is 0 Å². The Labute approximate surface area is 159 Å². The summed E-state index contributed by atoms with van der Waals surface area (Å²) in [6.45, 7) is 1.63. The lowest BCUT2D eigenvalue weighted by Gasteiger charge is -2.22. The van der Waals surface area contributed by atoms with E-state index in [1.807, 2.05) is 0 Å². The highest BCUT2D eigenvalue weighted by atomic mass is 32.2. The van der Waals surface area contributed by atoms with Gasteiger partial charge in [-0.25, -0.2) is 8.42 Å². The van der Waals surface area contributed by atoms with Crippen molar-refractivity contribution in [3.8, 4) is 5.75 Å². The number of Topliss-reactive ketones (excluding diaryl/α,β-unsaturated/α-hetero) is 1. The van der Waals surface area contributed by atoms with E-state index in [4.69, 9.17) is 4.74 Å². The lowest BCUT2D eigenvalue weighted by molar-refractivity contribution is 0.0953. The molecule has 0 bridgehead atoms. The topological polar surface area (TPSA) is 92.8 Å². The number of carbonyl (C=O) groups is 2. The highest BCUT2D eigenvalue weighted by Gasteiger charge is 2.18. The van der Waals surface area contributed by atoms with Gasteiger partial charge in [0.25, 0.3) is 5.91 Å². The van der Waals surface area contributed by atoms with Gasteiger partial charge < -0.3 is 10.1 Å². The maximum absolute atomic E-state index is 12.2. The van der Waals surface area contributed by atoms with Crippen molar-refractivity contribution in [2.75, 3.05) is 30.8 Å². The highest BCUT2D eigenvalue weighted by molar-refractivity contribution is 7.92. The number of ether oxygens (including phenoxy) is 1. The molecule has 2 aromatic carbocycles. The summed E-state index contributed by atoms with van der Waals surface area (Å²) in [4.78, 5) is 23.6. The number of sulfonamides is 1. The summed E-state index contributed by atoms with van der Waals surface area (Å²) in [6, 6.07) is 13.0. The Balaban J connectivity index is 2.06. The number of ketones is 1. The number of nitrogens with zero attached hydrogens (tertiary/aromatic N) is 1. The first-order chi connectivity index (χ1) is 12.7. The van der Waals surface area contributed by atoms with Gasteiger partial charge in [0.2, 0.25) is 10.0 Å². The lowest BCUT2D eigenvalue weighted by atomic mass is 10.1. The molecule has 144 valence electrons. The van der Waals surface area contributed by atoms with Crippen LogP contribution in [0.2, 0.25) is 0 Å². The summed E-state index contributed by atoms with van der Waals surface area (Å²) < 4.78 is 30.5. The Morgan fingerprint density at radius 3 is 2.30 bits per heavy atom. The number of anilines is 1. The van der Waals surface area contributed by atoms with E-state index < -0.39 is 10.0 Å². The van der Waals surface area contributed by atoms with Gasteiger partial charge in [-0.15, -0.1) is 0 Å². The van der Waals surface area contributed by atoms with E-state index in [9.17, 15) is 18.0 Å². The fourth-order valence-corrected chi connectivity index (χ4v) is 3.41. The predicted molar refractivity (Wildman–Crippen MR) is 104 cm³/mol. The zero-order chi connectivity index (χ0) is 20.0. The van der Waals surface area contributed by atoms with E-state index >= 15 is 0 Å². The van der Waals surface area contributed by atoms with Gasteiger partial charge in [-0.05, 0) is 49.4 Å². The molecule has 8 heteroatoms. The summed E-state index contributed by atoms with van der Waals surface area (Å²) in [7, 11) is -2.03. The van der Waals surface area contributed by atoms with Crippen molar-refractivity contribution in [3.63, 3.8) is 0 Å². The average Bonchev–Trinajstić information content (AvgIpc) is 2.64. The van der Waals surface area contributed by atoms with Gasteiger partial charge in [0.05, 0.1) is 25.6 Å². The SMILES string of the molecule is COc1cccc(C(=O)NCCN(c2ccc(C(C)=O)cc2)S(C)(=O)=O)c1. The van der Waals surface area contributed by atoms with E-state index in [0.717, 1.165) is 6.26 Å². The van der Waals surface area contributed by atoms with Gasteiger partial charge >= 0.3 is 0 Å². The minimum Gasteiger partial charge on any atom is -0.497 e. The first-order valence-corrected chi connectivity index (χ1v) is 10.1. The maximum Gasteiger partial charge on any atom is 0.251 e. The van der Waals surface area contributed by atoms with E-state index in [-0.39, 0.29) is 24.8 Å². The quantitative estimate of drug-likeness (QED) is 0.697. The Bertz CT molecular complexity index is 923.